The molecule has 1 aliphatic heterocycles. The van der Waals surface area contributed by atoms with E-state index < -0.39 is 0 Å². The highest BCUT2D eigenvalue weighted by atomic mass is 15.2. The van der Waals surface area contributed by atoms with Gasteiger partial charge in [0.15, 0.2) is 0 Å². The third-order valence-electron chi connectivity index (χ3n) is 4.21. The second kappa shape index (κ2) is 7.69. The number of benzene rings is 1. The summed E-state index contributed by atoms with van der Waals surface area (Å²) in [5, 5.41) is 0. The van der Waals surface area contributed by atoms with Crippen LogP contribution in [-0.2, 0) is 0 Å². The topological polar surface area (TPSA) is 9.72 Å². The molecule has 0 saturated heterocycles. The van der Waals surface area contributed by atoms with E-state index in [0.29, 0.717) is 0 Å². The first-order valence-corrected chi connectivity index (χ1v) is 8.31. The molecule has 3 heteroatoms. The van der Waals surface area contributed by atoms with Gasteiger partial charge in [-0.2, -0.15) is 0 Å². The molecule has 0 amide bonds. The predicted molar refractivity (Wildman–Crippen MR) is 93.5 cm³/mol. The summed E-state index contributed by atoms with van der Waals surface area (Å²) in [6.07, 6.45) is 2.52. The second-order valence-electron chi connectivity index (χ2n) is 6.80. The number of likely N-dealkylation sites (N-methyl/N-ethyl adjacent to an activating group) is 1. The van der Waals surface area contributed by atoms with Crippen LogP contribution in [0.1, 0.15) is 26.7 Å². The lowest BCUT2D eigenvalue weighted by atomic mass is 10.1. The number of fused-ring (bicyclic) bond motifs is 1. The van der Waals surface area contributed by atoms with Gasteiger partial charge in [-0.05, 0) is 45.0 Å². The van der Waals surface area contributed by atoms with E-state index in [9.17, 15) is 0 Å². The normalized spacial score (nSPS) is 15.5. The Morgan fingerprint density at radius 1 is 1.00 bits per heavy atom. The van der Waals surface area contributed by atoms with E-state index in [2.05, 4.69) is 66.9 Å². The van der Waals surface area contributed by atoms with Crippen LogP contribution in [-0.4, -0.2) is 51.7 Å². The van der Waals surface area contributed by atoms with Gasteiger partial charge in [-0.1, -0.05) is 26.0 Å². The summed E-state index contributed by atoms with van der Waals surface area (Å²) in [5.41, 5.74) is 2.84. The van der Waals surface area contributed by atoms with Crippen molar-refractivity contribution in [2.45, 2.75) is 26.7 Å². The molecule has 1 heterocycles. The fourth-order valence-electron chi connectivity index (χ4n) is 2.89. The van der Waals surface area contributed by atoms with E-state index in [0.717, 1.165) is 19.0 Å². The first kappa shape index (κ1) is 16.2. The summed E-state index contributed by atoms with van der Waals surface area (Å²) >= 11 is 0. The van der Waals surface area contributed by atoms with Crippen LogP contribution in [0.15, 0.2) is 24.3 Å². The van der Waals surface area contributed by atoms with Gasteiger partial charge in [-0.15, -0.1) is 0 Å². The number of nitrogens with zero attached hydrogens (tertiary/aromatic N) is 3. The van der Waals surface area contributed by atoms with Gasteiger partial charge >= 0.3 is 0 Å². The first-order valence-electron chi connectivity index (χ1n) is 8.31. The lowest BCUT2D eigenvalue weighted by Crippen LogP contribution is -2.32. The van der Waals surface area contributed by atoms with Crippen molar-refractivity contribution in [1.29, 1.82) is 0 Å². The molecule has 1 aromatic carbocycles. The van der Waals surface area contributed by atoms with Gasteiger partial charge in [-0.25, -0.2) is 0 Å². The molecule has 1 aliphatic rings. The van der Waals surface area contributed by atoms with Gasteiger partial charge < -0.3 is 14.7 Å². The number of rotatable bonds is 6. The Hall–Kier alpha value is -1.22. The lowest BCUT2D eigenvalue weighted by Gasteiger charge is -2.29. The van der Waals surface area contributed by atoms with Gasteiger partial charge in [0.25, 0.3) is 0 Å². The van der Waals surface area contributed by atoms with Gasteiger partial charge in [0.2, 0.25) is 0 Å². The van der Waals surface area contributed by atoms with Crippen LogP contribution >= 0.6 is 0 Å². The maximum Gasteiger partial charge on any atom is 0.0604 e. The van der Waals surface area contributed by atoms with Crippen LogP contribution < -0.4 is 9.80 Å². The highest BCUT2D eigenvalue weighted by Gasteiger charge is 2.19. The Bertz CT molecular complexity index is 389. The number of hydrogen-bond acceptors (Lipinski definition) is 3. The minimum atomic E-state index is 0.769. The third-order valence-corrected chi connectivity index (χ3v) is 4.21. The smallest absolute Gasteiger partial charge is 0.0604 e. The highest BCUT2D eigenvalue weighted by Crippen LogP contribution is 2.32. The fourth-order valence-corrected chi connectivity index (χ4v) is 2.89. The van der Waals surface area contributed by atoms with Crippen molar-refractivity contribution in [3.8, 4) is 0 Å². The molecule has 0 atom stereocenters. The van der Waals surface area contributed by atoms with E-state index in [1.807, 2.05) is 0 Å². The number of para-hydroxylation sites is 2. The molecule has 0 aromatic heterocycles. The van der Waals surface area contributed by atoms with Crippen molar-refractivity contribution in [2.24, 2.45) is 5.92 Å². The van der Waals surface area contributed by atoms with Crippen LogP contribution in [0.4, 0.5) is 11.4 Å². The van der Waals surface area contributed by atoms with Crippen molar-refractivity contribution >= 4 is 11.4 Å². The molecule has 3 nitrogen and oxygen atoms in total. The minimum Gasteiger partial charge on any atom is -0.370 e. The monoisotopic (exact) mass is 289 g/mol. The van der Waals surface area contributed by atoms with Crippen molar-refractivity contribution in [3.63, 3.8) is 0 Å². The van der Waals surface area contributed by atoms with E-state index in [1.54, 1.807) is 0 Å². The summed E-state index contributed by atoms with van der Waals surface area (Å²) in [4.78, 5) is 7.42. The zero-order valence-electron chi connectivity index (χ0n) is 14.2. The molecule has 1 aromatic rings. The maximum absolute atomic E-state index is 2.59. The molecule has 0 aliphatic carbocycles. The van der Waals surface area contributed by atoms with E-state index in [1.165, 1.54) is 43.9 Å². The van der Waals surface area contributed by atoms with Crippen LogP contribution in [0.3, 0.4) is 0 Å². The largest absolute Gasteiger partial charge is 0.370 e. The molecule has 0 bridgehead atoms. The molecule has 118 valence electrons. The Morgan fingerprint density at radius 3 is 2.10 bits per heavy atom. The van der Waals surface area contributed by atoms with Crippen LogP contribution in [0.25, 0.3) is 0 Å². The molecular weight excluding hydrogens is 258 g/mol. The Balaban J connectivity index is 2.15. The van der Waals surface area contributed by atoms with Gasteiger partial charge in [0, 0.05) is 32.7 Å². The summed E-state index contributed by atoms with van der Waals surface area (Å²) < 4.78 is 0. The summed E-state index contributed by atoms with van der Waals surface area (Å²) in [6, 6.07) is 8.94. The average molecular weight is 289 g/mol. The molecular formula is C18H31N3. The fraction of sp³-hybridized carbons (Fsp3) is 0.667. The molecule has 2 rings (SSSR count). The molecule has 0 saturated carbocycles. The Labute approximate surface area is 130 Å². The van der Waals surface area contributed by atoms with E-state index in [-0.39, 0.29) is 0 Å². The van der Waals surface area contributed by atoms with Gasteiger partial charge in [0.1, 0.15) is 0 Å². The van der Waals surface area contributed by atoms with Gasteiger partial charge in [-0.3, -0.25) is 0 Å². The maximum atomic E-state index is 2.59. The van der Waals surface area contributed by atoms with Crippen LogP contribution in [0, 0.1) is 5.92 Å². The van der Waals surface area contributed by atoms with Crippen molar-refractivity contribution in [3.05, 3.63) is 24.3 Å². The van der Waals surface area contributed by atoms with Gasteiger partial charge in [0.05, 0.1) is 11.4 Å². The molecule has 0 radical (unpaired) electrons. The zero-order valence-corrected chi connectivity index (χ0v) is 14.2. The minimum absolute atomic E-state index is 0.769. The predicted octanol–water partition coefficient (Wildman–Crippen LogP) is 3.31. The second-order valence-corrected chi connectivity index (χ2v) is 6.80. The quantitative estimate of drug-likeness (QED) is 0.795. The summed E-state index contributed by atoms with van der Waals surface area (Å²) in [6.45, 7) is 10.4. The van der Waals surface area contributed by atoms with Crippen molar-refractivity contribution in [1.82, 2.24) is 4.90 Å². The molecule has 21 heavy (non-hydrogen) atoms. The van der Waals surface area contributed by atoms with Crippen molar-refractivity contribution in [2.75, 3.05) is 56.6 Å². The third kappa shape index (κ3) is 4.63. The SMILES string of the molecule is CC(C)CCN1CCCN(CCN(C)C)c2ccccc21. The average Bonchev–Trinajstić information content (AvgIpc) is 2.62. The number of anilines is 2. The Kier molecular flexibility index (Phi) is 5.92. The lowest BCUT2D eigenvalue weighted by molar-refractivity contribution is 0.413. The highest BCUT2D eigenvalue weighted by molar-refractivity contribution is 5.72. The van der Waals surface area contributed by atoms with E-state index in [4.69, 9.17) is 0 Å². The van der Waals surface area contributed by atoms with Crippen molar-refractivity contribution < 1.29 is 0 Å². The van der Waals surface area contributed by atoms with Crippen LogP contribution in [0.2, 0.25) is 0 Å². The molecule has 0 N–H and O–H groups in total. The Morgan fingerprint density at radius 2 is 1.57 bits per heavy atom. The summed E-state index contributed by atoms with van der Waals surface area (Å²) in [5.74, 6) is 0.769. The standard InChI is InChI=1S/C18H31N3/c1-16(2)10-13-20-11-7-12-21(15-14-19(3)4)18-9-6-5-8-17(18)20/h5-6,8-9,16H,7,10-15H2,1-4H3. The summed E-state index contributed by atoms with van der Waals surface area (Å²) in [7, 11) is 4.30. The molecule has 0 spiro atoms. The molecule has 0 fully saturated rings. The van der Waals surface area contributed by atoms with E-state index >= 15 is 0 Å². The van der Waals surface area contributed by atoms with Crippen LogP contribution in [0.5, 0.6) is 0 Å². The first-order chi connectivity index (χ1) is 10.1. The zero-order chi connectivity index (χ0) is 15.2. The number of hydrogen-bond donors (Lipinski definition) is 0. The molecule has 0 unspecified atom stereocenters.